The van der Waals surface area contributed by atoms with Crippen molar-refractivity contribution in [2.24, 2.45) is 0 Å². The molecule has 0 aromatic heterocycles. The Morgan fingerprint density at radius 2 is 1.89 bits per heavy atom. The molecule has 8 heteroatoms. The van der Waals surface area contributed by atoms with Crippen molar-refractivity contribution >= 4 is 29.5 Å². The Morgan fingerprint density at radius 3 is 2.63 bits per heavy atom. The highest BCUT2D eigenvalue weighted by Gasteiger charge is 2.48. The van der Waals surface area contributed by atoms with Crippen LogP contribution >= 0.6 is 11.8 Å². The number of nitrogens with one attached hydrogen (secondary N) is 1. The lowest BCUT2D eigenvalue weighted by molar-refractivity contribution is -0.138. The molecule has 4 rings (SSSR count). The van der Waals surface area contributed by atoms with Gasteiger partial charge in [0.1, 0.15) is 17.5 Å². The second kappa shape index (κ2) is 7.16. The van der Waals surface area contributed by atoms with Gasteiger partial charge in [-0.1, -0.05) is 18.2 Å². The molecule has 3 amide bonds. The van der Waals surface area contributed by atoms with E-state index in [0.29, 0.717) is 24.4 Å². The number of fused-ring (bicyclic) bond motifs is 3. The van der Waals surface area contributed by atoms with Gasteiger partial charge in [-0.2, -0.15) is 0 Å². The van der Waals surface area contributed by atoms with Crippen LogP contribution in [-0.2, 0) is 9.59 Å². The molecule has 144 valence electrons. The van der Waals surface area contributed by atoms with Crippen LogP contribution in [0.15, 0.2) is 24.3 Å². The minimum atomic E-state index is -0.593. The highest BCUT2D eigenvalue weighted by molar-refractivity contribution is 7.99. The summed E-state index contributed by atoms with van der Waals surface area (Å²) in [6.45, 7) is 4.76. The van der Waals surface area contributed by atoms with Crippen LogP contribution in [0.25, 0.3) is 0 Å². The van der Waals surface area contributed by atoms with E-state index in [2.05, 4.69) is 10.2 Å². The first-order valence-electron chi connectivity index (χ1n) is 9.28. The number of amides is 3. The highest BCUT2D eigenvalue weighted by atomic mass is 32.2. The molecule has 0 aliphatic carbocycles. The molecule has 1 aromatic rings. The lowest BCUT2D eigenvalue weighted by atomic mass is 10.1. The fraction of sp³-hybridized carbons (Fsp3) is 0.526. The van der Waals surface area contributed by atoms with Crippen molar-refractivity contribution in [3.8, 4) is 0 Å². The van der Waals surface area contributed by atoms with Gasteiger partial charge in [0.15, 0.2) is 0 Å². The average Bonchev–Trinajstić information content (AvgIpc) is 3.22. The molecule has 3 aliphatic rings. The van der Waals surface area contributed by atoms with Crippen LogP contribution < -0.4 is 5.32 Å². The molecule has 3 aliphatic heterocycles. The molecule has 0 spiro atoms. The number of thioether (sulfide) groups is 1. The summed E-state index contributed by atoms with van der Waals surface area (Å²) >= 11 is 1.60. The quantitative estimate of drug-likeness (QED) is 0.818. The van der Waals surface area contributed by atoms with E-state index in [1.54, 1.807) is 28.5 Å². The maximum absolute atomic E-state index is 12.8. The van der Waals surface area contributed by atoms with E-state index >= 15 is 0 Å². The van der Waals surface area contributed by atoms with Crippen LogP contribution in [0, 0.1) is 0 Å². The molecular weight excluding hydrogens is 364 g/mol. The standard InChI is InChI=1S/C19H24N4O3S/c1-12(17(25)22-9-7-21(2)8-10-22)20-16(24)15-11-27-19-14-6-4-3-5-13(14)18(26)23(15)19/h3-6,12,15,19H,7-11H2,1-2H3,(H,20,24). The van der Waals surface area contributed by atoms with E-state index in [9.17, 15) is 14.4 Å². The van der Waals surface area contributed by atoms with E-state index in [4.69, 9.17) is 0 Å². The van der Waals surface area contributed by atoms with Crippen LogP contribution in [0.1, 0.15) is 28.2 Å². The Kier molecular flexibility index (Phi) is 4.86. The van der Waals surface area contributed by atoms with Crippen molar-refractivity contribution < 1.29 is 14.4 Å². The first-order valence-corrected chi connectivity index (χ1v) is 10.3. The van der Waals surface area contributed by atoms with Crippen LogP contribution in [0.5, 0.6) is 0 Å². The molecule has 2 saturated heterocycles. The van der Waals surface area contributed by atoms with Crippen LogP contribution in [-0.4, -0.2) is 83.5 Å². The van der Waals surface area contributed by atoms with Gasteiger partial charge in [0.2, 0.25) is 11.8 Å². The predicted molar refractivity (Wildman–Crippen MR) is 103 cm³/mol. The summed E-state index contributed by atoms with van der Waals surface area (Å²) in [5.74, 6) is 0.140. The summed E-state index contributed by atoms with van der Waals surface area (Å²) in [5, 5.41) is 2.74. The summed E-state index contributed by atoms with van der Waals surface area (Å²) in [7, 11) is 2.03. The van der Waals surface area contributed by atoms with Crippen LogP contribution in [0.2, 0.25) is 0 Å². The molecule has 27 heavy (non-hydrogen) atoms. The number of carbonyl (C=O) groups excluding carboxylic acids is 3. The van der Waals surface area contributed by atoms with Gasteiger partial charge < -0.3 is 20.0 Å². The van der Waals surface area contributed by atoms with Gasteiger partial charge in [0.25, 0.3) is 5.91 Å². The fourth-order valence-electron chi connectivity index (χ4n) is 3.91. The van der Waals surface area contributed by atoms with Crippen LogP contribution in [0.3, 0.4) is 0 Å². The van der Waals surface area contributed by atoms with E-state index < -0.39 is 12.1 Å². The monoisotopic (exact) mass is 388 g/mol. The Labute approximate surface area is 163 Å². The zero-order valence-electron chi connectivity index (χ0n) is 15.6. The molecule has 0 radical (unpaired) electrons. The normalized spacial score (nSPS) is 25.9. The molecule has 7 nitrogen and oxygen atoms in total. The second-order valence-electron chi connectivity index (χ2n) is 7.36. The largest absolute Gasteiger partial charge is 0.343 e. The predicted octanol–water partition coefficient (Wildman–Crippen LogP) is 0.535. The fourth-order valence-corrected chi connectivity index (χ4v) is 5.38. The summed E-state index contributed by atoms with van der Waals surface area (Å²) < 4.78 is 0. The Morgan fingerprint density at radius 1 is 1.19 bits per heavy atom. The first-order chi connectivity index (χ1) is 13.0. The number of hydrogen-bond donors (Lipinski definition) is 1. The van der Waals surface area contributed by atoms with Gasteiger partial charge in [-0.3, -0.25) is 14.4 Å². The minimum Gasteiger partial charge on any atom is -0.343 e. The van der Waals surface area contributed by atoms with Crippen molar-refractivity contribution in [3.63, 3.8) is 0 Å². The lowest BCUT2D eigenvalue weighted by Gasteiger charge is -2.34. The van der Waals surface area contributed by atoms with Gasteiger partial charge in [-0.15, -0.1) is 11.8 Å². The molecule has 3 atom stereocenters. The van der Waals surface area contributed by atoms with E-state index in [0.717, 1.165) is 18.7 Å². The lowest BCUT2D eigenvalue weighted by Crippen LogP contribution is -2.56. The third-order valence-corrected chi connectivity index (χ3v) is 6.84. The van der Waals surface area contributed by atoms with Crippen LogP contribution in [0.4, 0.5) is 0 Å². The van der Waals surface area contributed by atoms with Crippen molar-refractivity contribution in [3.05, 3.63) is 35.4 Å². The maximum atomic E-state index is 12.8. The number of benzene rings is 1. The molecule has 1 N–H and O–H groups in total. The third-order valence-electron chi connectivity index (χ3n) is 5.54. The van der Waals surface area contributed by atoms with E-state index in [-0.39, 0.29) is 23.1 Å². The minimum absolute atomic E-state index is 0.0605. The summed E-state index contributed by atoms with van der Waals surface area (Å²) in [6.07, 6.45) is 0. The third kappa shape index (κ3) is 3.21. The van der Waals surface area contributed by atoms with Gasteiger partial charge in [0, 0.05) is 37.5 Å². The van der Waals surface area contributed by atoms with E-state index in [1.165, 1.54) is 0 Å². The number of likely N-dealkylation sites (N-methyl/N-ethyl adjacent to an activating group) is 1. The first kappa shape index (κ1) is 18.3. The van der Waals surface area contributed by atoms with Crippen molar-refractivity contribution in [2.75, 3.05) is 39.0 Å². The van der Waals surface area contributed by atoms with Gasteiger partial charge in [-0.25, -0.2) is 0 Å². The summed E-state index contributed by atoms with van der Waals surface area (Å²) in [5.41, 5.74) is 1.65. The van der Waals surface area contributed by atoms with Crippen molar-refractivity contribution in [2.45, 2.75) is 24.4 Å². The number of hydrogen-bond acceptors (Lipinski definition) is 5. The van der Waals surface area contributed by atoms with Gasteiger partial charge >= 0.3 is 0 Å². The average molecular weight is 388 g/mol. The Bertz CT molecular complexity index is 778. The molecule has 1 aromatic carbocycles. The van der Waals surface area contributed by atoms with Gasteiger partial charge in [-0.05, 0) is 25.6 Å². The molecule has 0 bridgehead atoms. The van der Waals surface area contributed by atoms with Crippen molar-refractivity contribution in [1.29, 1.82) is 0 Å². The SMILES string of the molecule is CC(NC(=O)C1CSC2c3ccccc3C(=O)N12)C(=O)N1CCN(C)CC1. The Hall–Kier alpha value is -2.06. The topological polar surface area (TPSA) is 73.0 Å². The zero-order chi connectivity index (χ0) is 19.1. The smallest absolute Gasteiger partial charge is 0.256 e. The number of rotatable bonds is 3. The summed E-state index contributed by atoms with van der Waals surface area (Å²) in [6, 6.07) is 6.39. The molecule has 0 saturated carbocycles. The zero-order valence-corrected chi connectivity index (χ0v) is 16.4. The maximum Gasteiger partial charge on any atom is 0.256 e. The number of carbonyl (C=O) groups is 3. The molecular formula is C19H24N4O3S. The second-order valence-corrected chi connectivity index (χ2v) is 8.47. The number of nitrogens with zero attached hydrogens (tertiary/aromatic N) is 3. The molecule has 2 fully saturated rings. The number of piperazine rings is 1. The van der Waals surface area contributed by atoms with Gasteiger partial charge in [0.05, 0.1) is 0 Å². The highest BCUT2D eigenvalue weighted by Crippen LogP contribution is 2.48. The molecule has 3 unspecified atom stereocenters. The Balaban J connectivity index is 1.41. The van der Waals surface area contributed by atoms with Crippen molar-refractivity contribution in [1.82, 2.24) is 20.0 Å². The summed E-state index contributed by atoms with van der Waals surface area (Å²) in [4.78, 5) is 43.9. The van der Waals surface area contributed by atoms with E-state index in [1.807, 2.05) is 31.3 Å². The molecule has 3 heterocycles.